The standard InChI is InChI=1S/C18H22FN3O5S2/c1-4-22(29(26,27)15-9-6-14(19)7-10-15)12-18(23)21-17-11-16(8-5-13(17)2)28(24,25)20-3/h5-11,20H,4,12H2,1-3H3,(H,21,23). The molecule has 0 saturated heterocycles. The maximum absolute atomic E-state index is 13.1. The second kappa shape index (κ2) is 8.99. The Hall–Kier alpha value is -2.34. The summed E-state index contributed by atoms with van der Waals surface area (Å²) in [6.07, 6.45) is 0. The van der Waals surface area contributed by atoms with Gasteiger partial charge in [-0.25, -0.2) is 25.9 Å². The number of benzene rings is 2. The summed E-state index contributed by atoms with van der Waals surface area (Å²) in [6, 6.07) is 8.53. The first-order chi connectivity index (χ1) is 13.5. The molecule has 2 rings (SSSR count). The Morgan fingerprint density at radius 3 is 2.17 bits per heavy atom. The molecule has 0 aliphatic carbocycles. The van der Waals surface area contributed by atoms with Crippen LogP contribution in [0.4, 0.5) is 10.1 Å². The second-order valence-electron chi connectivity index (χ2n) is 6.12. The van der Waals surface area contributed by atoms with Crippen LogP contribution in [0.2, 0.25) is 0 Å². The molecule has 0 bridgehead atoms. The summed E-state index contributed by atoms with van der Waals surface area (Å²) in [4.78, 5) is 12.3. The number of amides is 1. The summed E-state index contributed by atoms with van der Waals surface area (Å²) >= 11 is 0. The van der Waals surface area contributed by atoms with Crippen molar-refractivity contribution in [2.45, 2.75) is 23.6 Å². The van der Waals surface area contributed by atoms with Gasteiger partial charge in [-0.3, -0.25) is 4.79 Å². The van der Waals surface area contributed by atoms with E-state index in [9.17, 15) is 26.0 Å². The van der Waals surface area contributed by atoms with E-state index < -0.39 is 38.3 Å². The Labute approximate surface area is 169 Å². The number of carbonyl (C=O) groups is 1. The summed E-state index contributed by atoms with van der Waals surface area (Å²) in [7, 11) is -6.43. The minimum atomic E-state index is -4.00. The minimum Gasteiger partial charge on any atom is -0.325 e. The number of aryl methyl sites for hydroxylation is 1. The molecule has 0 spiro atoms. The third kappa shape index (κ3) is 5.38. The number of sulfonamides is 2. The molecule has 11 heteroatoms. The van der Waals surface area contributed by atoms with Gasteiger partial charge in [0, 0.05) is 12.2 Å². The van der Waals surface area contributed by atoms with E-state index in [2.05, 4.69) is 10.0 Å². The fourth-order valence-electron chi connectivity index (χ4n) is 2.49. The van der Waals surface area contributed by atoms with Crippen molar-refractivity contribution in [2.24, 2.45) is 0 Å². The summed E-state index contributed by atoms with van der Waals surface area (Å²) in [5, 5.41) is 2.55. The number of nitrogens with one attached hydrogen (secondary N) is 2. The summed E-state index contributed by atoms with van der Waals surface area (Å²) in [6.45, 7) is 2.77. The summed E-state index contributed by atoms with van der Waals surface area (Å²) in [5.41, 5.74) is 0.861. The largest absolute Gasteiger partial charge is 0.325 e. The average Bonchev–Trinajstić information content (AvgIpc) is 2.67. The van der Waals surface area contributed by atoms with Crippen LogP contribution < -0.4 is 10.0 Å². The molecule has 0 heterocycles. The highest BCUT2D eigenvalue weighted by molar-refractivity contribution is 7.89. The van der Waals surface area contributed by atoms with Gasteiger partial charge in [-0.05, 0) is 55.9 Å². The van der Waals surface area contributed by atoms with Gasteiger partial charge in [0.25, 0.3) is 0 Å². The maximum atomic E-state index is 13.1. The van der Waals surface area contributed by atoms with Crippen LogP contribution in [0.1, 0.15) is 12.5 Å². The second-order valence-corrected chi connectivity index (χ2v) is 9.94. The van der Waals surface area contributed by atoms with Gasteiger partial charge in [0.1, 0.15) is 5.82 Å². The van der Waals surface area contributed by atoms with E-state index in [0.29, 0.717) is 5.56 Å². The molecule has 0 atom stereocenters. The molecular formula is C18H22FN3O5S2. The van der Waals surface area contributed by atoms with Crippen LogP contribution in [0.15, 0.2) is 52.3 Å². The van der Waals surface area contributed by atoms with Gasteiger partial charge in [0.15, 0.2) is 0 Å². The highest BCUT2D eigenvalue weighted by Gasteiger charge is 2.25. The molecule has 2 N–H and O–H groups in total. The predicted molar refractivity (Wildman–Crippen MR) is 107 cm³/mol. The van der Waals surface area contributed by atoms with Gasteiger partial charge < -0.3 is 5.32 Å². The molecule has 0 aliphatic rings. The van der Waals surface area contributed by atoms with Gasteiger partial charge >= 0.3 is 0 Å². The minimum absolute atomic E-state index is 0.0142. The molecule has 8 nitrogen and oxygen atoms in total. The predicted octanol–water partition coefficient (Wildman–Crippen LogP) is 1.69. The number of nitrogens with zero attached hydrogens (tertiary/aromatic N) is 1. The van der Waals surface area contributed by atoms with E-state index >= 15 is 0 Å². The normalized spacial score (nSPS) is 12.2. The zero-order chi connectivity index (χ0) is 21.8. The van der Waals surface area contributed by atoms with Crippen molar-refractivity contribution in [2.75, 3.05) is 25.5 Å². The Bertz CT molecular complexity index is 1100. The first-order valence-corrected chi connectivity index (χ1v) is 11.5. The summed E-state index contributed by atoms with van der Waals surface area (Å²) in [5.74, 6) is -1.21. The molecule has 0 unspecified atom stereocenters. The maximum Gasteiger partial charge on any atom is 0.243 e. The Balaban J connectivity index is 2.23. The number of hydrogen-bond donors (Lipinski definition) is 2. The third-order valence-electron chi connectivity index (χ3n) is 4.19. The van der Waals surface area contributed by atoms with Crippen molar-refractivity contribution in [3.63, 3.8) is 0 Å². The van der Waals surface area contributed by atoms with Crippen LogP contribution in [0, 0.1) is 12.7 Å². The van der Waals surface area contributed by atoms with Crippen LogP contribution >= 0.6 is 0 Å². The fraction of sp³-hybridized carbons (Fsp3) is 0.278. The number of carbonyl (C=O) groups excluding carboxylic acids is 1. The fourth-order valence-corrected chi connectivity index (χ4v) is 4.65. The monoisotopic (exact) mass is 443 g/mol. The Kier molecular flexibility index (Phi) is 7.11. The van der Waals surface area contributed by atoms with E-state index in [1.165, 1.54) is 25.2 Å². The molecule has 0 aromatic heterocycles. The molecule has 0 fully saturated rings. The highest BCUT2D eigenvalue weighted by Crippen LogP contribution is 2.21. The molecule has 29 heavy (non-hydrogen) atoms. The van der Waals surface area contributed by atoms with Gasteiger partial charge in [-0.2, -0.15) is 4.31 Å². The molecule has 2 aromatic carbocycles. The lowest BCUT2D eigenvalue weighted by Crippen LogP contribution is -2.38. The van der Waals surface area contributed by atoms with Crippen molar-refractivity contribution >= 4 is 31.6 Å². The first kappa shape index (κ1) is 22.9. The van der Waals surface area contributed by atoms with Crippen LogP contribution in [-0.4, -0.2) is 47.2 Å². The van der Waals surface area contributed by atoms with Gasteiger partial charge in [0.05, 0.1) is 16.3 Å². The molecule has 2 aromatic rings. The quantitative estimate of drug-likeness (QED) is 0.645. The van der Waals surface area contributed by atoms with Gasteiger partial charge in [-0.15, -0.1) is 0 Å². The van der Waals surface area contributed by atoms with Crippen LogP contribution in [0.3, 0.4) is 0 Å². The zero-order valence-electron chi connectivity index (χ0n) is 16.1. The first-order valence-electron chi connectivity index (χ1n) is 8.61. The van der Waals surface area contributed by atoms with E-state index in [0.717, 1.165) is 28.6 Å². The van der Waals surface area contributed by atoms with E-state index in [4.69, 9.17) is 0 Å². The van der Waals surface area contributed by atoms with Crippen molar-refractivity contribution in [1.29, 1.82) is 0 Å². The van der Waals surface area contributed by atoms with Crippen LogP contribution in [0.5, 0.6) is 0 Å². The van der Waals surface area contributed by atoms with Crippen LogP contribution in [0.25, 0.3) is 0 Å². The Morgan fingerprint density at radius 1 is 1.03 bits per heavy atom. The van der Waals surface area contributed by atoms with Gasteiger partial charge in [0.2, 0.25) is 26.0 Å². The summed E-state index contributed by atoms with van der Waals surface area (Å²) < 4.78 is 65.5. The number of halogens is 1. The van der Waals surface area contributed by atoms with Crippen LogP contribution in [-0.2, 0) is 24.8 Å². The lowest BCUT2D eigenvalue weighted by molar-refractivity contribution is -0.116. The van der Waals surface area contributed by atoms with E-state index in [-0.39, 0.29) is 22.0 Å². The van der Waals surface area contributed by atoms with Crippen molar-refractivity contribution < 1.29 is 26.0 Å². The molecule has 0 aliphatic heterocycles. The van der Waals surface area contributed by atoms with E-state index in [1.807, 2.05) is 0 Å². The number of hydrogen-bond acceptors (Lipinski definition) is 5. The van der Waals surface area contributed by atoms with Crippen molar-refractivity contribution in [3.8, 4) is 0 Å². The number of rotatable bonds is 8. The molecular weight excluding hydrogens is 421 g/mol. The zero-order valence-corrected chi connectivity index (χ0v) is 17.8. The Morgan fingerprint density at radius 2 is 1.62 bits per heavy atom. The third-order valence-corrected chi connectivity index (χ3v) is 7.53. The van der Waals surface area contributed by atoms with Crippen molar-refractivity contribution in [1.82, 2.24) is 9.03 Å². The van der Waals surface area contributed by atoms with Crippen molar-refractivity contribution in [3.05, 3.63) is 53.8 Å². The topological polar surface area (TPSA) is 113 Å². The number of anilines is 1. The lowest BCUT2D eigenvalue weighted by Gasteiger charge is -2.20. The molecule has 0 radical (unpaired) electrons. The highest BCUT2D eigenvalue weighted by atomic mass is 32.2. The molecule has 1 amide bonds. The molecule has 0 saturated carbocycles. The smallest absolute Gasteiger partial charge is 0.243 e. The van der Waals surface area contributed by atoms with E-state index in [1.54, 1.807) is 13.8 Å². The lowest BCUT2D eigenvalue weighted by atomic mass is 10.2. The SMILES string of the molecule is CCN(CC(=O)Nc1cc(S(=O)(=O)NC)ccc1C)S(=O)(=O)c1ccc(F)cc1. The van der Waals surface area contributed by atoms with Gasteiger partial charge in [-0.1, -0.05) is 13.0 Å². The molecule has 158 valence electrons. The number of likely N-dealkylation sites (N-methyl/N-ethyl adjacent to an activating group) is 1. The average molecular weight is 444 g/mol.